The largest absolute Gasteiger partial charge is 0.368 e. The number of anilines is 1. The van der Waals surface area contributed by atoms with Crippen LogP contribution in [0.15, 0.2) is 6.20 Å². The molecule has 3 aromatic heterocycles. The van der Waals surface area contributed by atoms with Crippen molar-refractivity contribution >= 4 is 22.6 Å². The minimum absolute atomic E-state index is 0.253. The summed E-state index contributed by atoms with van der Waals surface area (Å²) in [6.45, 7) is 1.72. The highest BCUT2D eigenvalue weighted by Crippen LogP contribution is 2.16. The molecule has 0 bridgehead atoms. The minimum Gasteiger partial charge on any atom is -0.368 e. The molecule has 0 spiro atoms. The molecule has 7 heteroatoms. The zero-order valence-corrected chi connectivity index (χ0v) is 8.39. The van der Waals surface area contributed by atoms with Gasteiger partial charge in [-0.3, -0.25) is 5.10 Å². The zero-order chi connectivity index (χ0) is 11.1. The average Bonchev–Trinajstić information content (AvgIpc) is 2.83. The number of nitrogens with two attached hydrogens (primary N) is 1. The fourth-order valence-electron chi connectivity index (χ4n) is 1.50. The van der Waals surface area contributed by atoms with Crippen LogP contribution in [-0.2, 0) is 0 Å². The first-order chi connectivity index (χ1) is 7.79. The van der Waals surface area contributed by atoms with Gasteiger partial charge in [-0.05, 0) is 12.8 Å². The molecule has 3 N–H and O–H groups in total. The summed E-state index contributed by atoms with van der Waals surface area (Å²) in [6, 6.07) is 0. The number of rotatable bonds is 0. The molecule has 0 saturated carbocycles. The molecular weight excluding hydrogens is 206 g/mol. The van der Waals surface area contributed by atoms with Gasteiger partial charge in [0.25, 0.3) is 0 Å². The van der Waals surface area contributed by atoms with Crippen molar-refractivity contribution in [3.63, 3.8) is 0 Å². The Kier molecular flexibility index (Phi) is 1.59. The second-order valence-corrected chi connectivity index (χ2v) is 3.15. The monoisotopic (exact) mass is 213 g/mol. The van der Waals surface area contributed by atoms with Crippen LogP contribution in [0, 0.1) is 11.8 Å². The van der Waals surface area contributed by atoms with Crippen LogP contribution in [0.2, 0.25) is 0 Å². The number of nitrogen functional groups attached to an aromatic ring is 1. The standard InChI is InChI=1S/C9H7N7/c1-2-3-6-12-8-5-4-11-14-7(5)13-9(10)16(8)15-6/h4H,1H3,(H3,10,11,13,14). The van der Waals surface area contributed by atoms with Crippen LogP contribution < -0.4 is 5.73 Å². The van der Waals surface area contributed by atoms with Crippen LogP contribution in [0.25, 0.3) is 16.7 Å². The second kappa shape index (κ2) is 2.93. The Morgan fingerprint density at radius 3 is 3.12 bits per heavy atom. The molecule has 78 valence electrons. The molecule has 0 radical (unpaired) electrons. The summed E-state index contributed by atoms with van der Waals surface area (Å²) in [7, 11) is 0. The first-order valence-electron chi connectivity index (χ1n) is 4.57. The molecule has 3 aromatic rings. The van der Waals surface area contributed by atoms with Crippen LogP contribution in [0.4, 0.5) is 5.95 Å². The van der Waals surface area contributed by atoms with E-state index in [4.69, 9.17) is 5.73 Å². The van der Waals surface area contributed by atoms with E-state index in [0.717, 1.165) is 5.39 Å². The Bertz CT molecular complexity index is 739. The number of nitrogens with zero attached hydrogens (tertiary/aromatic N) is 5. The smallest absolute Gasteiger partial charge is 0.226 e. The van der Waals surface area contributed by atoms with Crippen molar-refractivity contribution in [2.45, 2.75) is 6.92 Å². The maximum atomic E-state index is 5.74. The van der Waals surface area contributed by atoms with Gasteiger partial charge in [0.2, 0.25) is 11.8 Å². The number of nitrogens with one attached hydrogen (secondary N) is 1. The zero-order valence-electron chi connectivity index (χ0n) is 8.39. The van der Waals surface area contributed by atoms with Gasteiger partial charge in [0.05, 0.1) is 11.6 Å². The summed E-state index contributed by atoms with van der Waals surface area (Å²) in [5, 5.41) is 11.5. The number of aromatic amines is 1. The van der Waals surface area contributed by atoms with E-state index < -0.39 is 0 Å². The summed E-state index contributed by atoms with van der Waals surface area (Å²) < 4.78 is 1.46. The highest BCUT2D eigenvalue weighted by molar-refractivity contribution is 5.89. The Labute approximate surface area is 89.7 Å². The van der Waals surface area contributed by atoms with Gasteiger partial charge in [0, 0.05) is 0 Å². The number of hydrogen-bond acceptors (Lipinski definition) is 5. The Hall–Kier alpha value is -2.62. The van der Waals surface area contributed by atoms with Gasteiger partial charge in [-0.25, -0.2) is 0 Å². The lowest BCUT2D eigenvalue weighted by atomic mass is 10.4. The molecule has 3 heterocycles. The van der Waals surface area contributed by atoms with E-state index in [1.807, 2.05) is 0 Å². The Morgan fingerprint density at radius 2 is 2.31 bits per heavy atom. The normalized spacial score (nSPS) is 10.6. The van der Waals surface area contributed by atoms with E-state index in [1.54, 1.807) is 13.1 Å². The number of aromatic nitrogens is 6. The maximum Gasteiger partial charge on any atom is 0.226 e. The fourth-order valence-corrected chi connectivity index (χ4v) is 1.50. The molecule has 7 nitrogen and oxygen atoms in total. The van der Waals surface area contributed by atoms with Gasteiger partial charge < -0.3 is 5.73 Å². The predicted octanol–water partition coefficient (Wildman–Crippen LogP) is -0.0458. The van der Waals surface area contributed by atoms with Crippen molar-refractivity contribution in [3.05, 3.63) is 12.0 Å². The first kappa shape index (κ1) is 8.67. The van der Waals surface area contributed by atoms with Gasteiger partial charge in [-0.1, -0.05) is 5.92 Å². The molecule has 0 saturated heterocycles. The van der Waals surface area contributed by atoms with E-state index in [2.05, 4.69) is 37.1 Å². The minimum atomic E-state index is 0.253. The number of H-pyrrole nitrogens is 1. The third kappa shape index (κ3) is 1.04. The van der Waals surface area contributed by atoms with Crippen molar-refractivity contribution < 1.29 is 0 Å². The van der Waals surface area contributed by atoms with Crippen molar-refractivity contribution in [3.8, 4) is 11.8 Å². The van der Waals surface area contributed by atoms with Gasteiger partial charge in [0.1, 0.15) is 0 Å². The van der Waals surface area contributed by atoms with Crippen molar-refractivity contribution in [2.24, 2.45) is 0 Å². The molecule has 0 unspecified atom stereocenters. The molecule has 0 fully saturated rings. The van der Waals surface area contributed by atoms with Crippen LogP contribution in [0.5, 0.6) is 0 Å². The third-order valence-electron chi connectivity index (χ3n) is 2.15. The summed E-state index contributed by atoms with van der Waals surface area (Å²) in [4.78, 5) is 8.37. The van der Waals surface area contributed by atoms with Crippen LogP contribution in [0.3, 0.4) is 0 Å². The molecule has 3 rings (SSSR count). The van der Waals surface area contributed by atoms with Crippen molar-refractivity contribution in [2.75, 3.05) is 5.73 Å². The number of fused-ring (bicyclic) bond motifs is 3. The van der Waals surface area contributed by atoms with Gasteiger partial charge >= 0.3 is 0 Å². The molecule has 0 aliphatic heterocycles. The lowest BCUT2D eigenvalue weighted by Gasteiger charge is -1.95. The SMILES string of the molecule is CC#Cc1nc2c3cn[nH]c3nc(N)n2n1. The van der Waals surface area contributed by atoms with Crippen LogP contribution in [-0.4, -0.2) is 29.8 Å². The Morgan fingerprint density at radius 1 is 1.44 bits per heavy atom. The fraction of sp³-hybridized carbons (Fsp3) is 0.111. The van der Waals surface area contributed by atoms with Crippen molar-refractivity contribution in [1.29, 1.82) is 0 Å². The quantitative estimate of drug-likeness (QED) is 0.510. The molecule has 0 aromatic carbocycles. The lowest BCUT2D eigenvalue weighted by Crippen LogP contribution is -2.02. The van der Waals surface area contributed by atoms with E-state index in [9.17, 15) is 0 Å². The molecule has 0 amide bonds. The van der Waals surface area contributed by atoms with Crippen LogP contribution in [0.1, 0.15) is 12.7 Å². The van der Waals surface area contributed by atoms with E-state index >= 15 is 0 Å². The highest BCUT2D eigenvalue weighted by atomic mass is 15.4. The van der Waals surface area contributed by atoms with Crippen LogP contribution >= 0.6 is 0 Å². The summed E-state index contributed by atoms with van der Waals surface area (Å²) in [6.07, 6.45) is 1.63. The van der Waals surface area contributed by atoms with Crippen molar-refractivity contribution in [1.82, 2.24) is 29.8 Å². The number of hydrogen-bond donors (Lipinski definition) is 2. The second-order valence-electron chi connectivity index (χ2n) is 3.15. The highest BCUT2D eigenvalue weighted by Gasteiger charge is 2.11. The summed E-state index contributed by atoms with van der Waals surface area (Å²) in [5.74, 6) is 6.18. The Balaban J connectivity index is 2.50. The molecule has 16 heavy (non-hydrogen) atoms. The predicted molar refractivity (Wildman–Crippen MR) is 57.4 cm³/mol. The van der Waals surface area contributed by atoms with E-state index in [-0.39, 0.29) is 5.95 Å². The first-order valence-corrected chi connectivity index (χ1v) is 4.57. The maximum absolute atomic E-state index is 5.74. The molecule has 0 aliphatic rings. The molecule has 0 aliphatic carbocycles. The lowest BCUT2D eigenvalue weighted by molar-refractivity contribution is 0.939. The topological polar surface area (TPSA) is 97.8 Å². The van der Waals surface area contributed by atoms with Gasteiger partial charge in [0.15, 0.2) is 11.3 Å². The molecular formula is C9H7N7. The van der Waals surface area contributed by atoms with E-state index in [0.29, 0.717) is 17.1 Å². The third-order valence-corrected chi connectivity index (χ3v) is 2.15. The van der Waals surface area contributed by atoms with E-state index in [1.165, 1.54) is 4.52 Å². The summed E-state index contributed by atoms with van der Waals surface area (Å²) in [5.41, 5.74) is 6.94. The average molecular weight is 213 g/mol. The van der Waals surface area contributed by atoms with Gasteiger partial charge in [-0.2, -0.15) is 19.6 Å². The molecule has 0 atom stereocenters. The summed E-state index contributed by atoms with van der Waals surface area (Å²) >= 11 is 0. The van der Waals surface area contributed by atoms with Gasteiger partial charge in [-0.15, -0.1) is 5.10 Å².